The Balaban J connectivity index is 1.86. The van der Waals surface area contributed by atoms with Gasteiger partial charge in [-0.1, -0.05) is 11.6 Å². The number of nitrogens with zero attached hydrogens (tertiary/aromatic N) is 3. The number of amides is 2. The molecule has 2 amide bonds. The van der Waals surface area contributed by atoms with E-state index in [9.17, 15) is 9.59 Å². The van der Waals surface area contributed by atoms with Crippen molar-refractivity contribution in [2.45, 2.75) is 12.8 Å². The molecular weight excluding hydrogens is 256 g/mol. The molecule has 1 saturated heterocycles. The second-order valence-corrected chi connectivity index (χ2v) is 4.38. The minimum absolute atomic E-state index is 0.0208. The number of aromatic nitrogens is 2. The van der Waals surface area contributed by atoms with E-state index in [1.165, 1.54) is 12.4 Å². The maximum Gasteiger partial charge on any atom is 0.271 e. The van der Waals surface area contributed by atoms with E-state index in [0.717, 1.165) is 25.9 Å². The highest BCUT2D eigenvalue weighted by molar-refractivity contribution is 6.29. The average Bonchev–Trinajstić information content (AvgIpc) is 2.89. The van der Waals surface area contributed by atoms with Crippen LogP contribution in [-0.4, -0.2) is 46.3 Å². The van der Waals surface area contributed by atoms with Crippen molar-refractivity contribution in [1.82, 2.24) is 20.2 Å². The monoisotopic (exact) mass is 268 g/mol. The van der Waals surface area contributed by atoms with Crippen molar-refractivity contribution < 1.29 is 9.59 Å². The molecule has 2 rings (SSSR count). The van der Waals surface area contributed by atoms with Gasteiger partial charge in [0.25, 0.3) is 5.91 Å². The summed E-state index contributed by atoms with van der Waals surface area (Å²) in [6.07, 6.45) is 4.70. The van der Waals surface area contributed by atoms with E-state index in [1.807, 2.05) is 0 Å². The molecule has 7 heteroatoms. The lowest BCUT2D eigenvalue weighted by molar-refractivity contribution is -0.129. The molecule has 1 aromatic heterocycles. The smallest absolute Gasteiger partial charge is 0.271 e. The SMILES string of the molecule is O=C(NCC(=O)N1CCCC1)c1cncc(Cl)n1. The van der Waals surface area contributed by atoms with Gasteiger partial charge in [-0.2, -0.15) is 0 Å². The highest BCUT2D eigenvalue weighted by Gasteiger charge is 2.18. The van der Waals surface area contributed by atoms with Gasteiger partial charge in [-0.05, 0) is 12.8 Å². The average molecular weight is 269 g/mol. The Hall–Kier alpha value is -1.69. The molecule has 0 radical (unpaired) electrons. The van der Waals surface area contributed by atoms with Crippen LogP contribution in [0.4, 0.5) is 0 Å². The summed E-state index contributed by atoms with van der Waals surface area (Å²) in [5.41, 5.74) is 0.108. The third-order valence-electron chi connectivity index (χ3n) is 2.70. The van der Waals surface area contributed by atoms with Crippen molar-refractivity contribution in [3.63, 3.8) is 0 Å². The van der Waals surface area contributed by atoms with E-state index in [-0.39, 0.29) is 23.3 Å². The molecule has 1 fully saturated rings. The summed E-state index contributed by atoms with van der Waals surface area (Å²) in [6, 6.07) is 0. The summed E-state index contributed by atoms with van der Waals surface area (Å²) in [5.74, 6) is -0.520. The molecule has 1 aliphatic heterocycles. The molecule has 1 aliphatic rings. The van der Waals surface area contributed by atoms with Gasteiger partial charge >= 0.3 is 0 Å². The zero-order valence-electron chi connectivity index (χ0n) is 9.73. The number of hydrogen-bond donors (Lipinski definition) is 1. The van der Waals surface area contributed by atoms with Crippen LogP contribution in [-0.2, 0) is 4.79 Å². The van der Waals surface area contributed by atoms with Gasteiger partial charge in [-0.15, -0.1) is 0 Å². The van der Waals surface area contributed by atoms with Crippen LogP contribution >= 0.6 is 11.6 Å². The topological polar surface area (TPSA) is 75.2 Å². The minimum Gasteiger partial charge on any atom is -0.342 e. The number of nitrogens with one attached hydrogen (secondary N) is 1. The van der Waals surface area contributed by atoms with E-state index in [1.54, 1.807) is 4.90 Å². The molecule has 1 aromatic rings. The predicted molar refractivity (Wildman–Crippen MR) is 65.2 cm³/mol. The number of halogens is 1. The molecule has 0 aromatic carbocycles. The first-order valence-corrected chi connectivity index (χ1v) is 6.08. The van der Waals surface area contributed by atoms with Crippen molar-refractivity contribution in [2.24, 2.45) is 0 Å². The van der Waals surface area contributed by atoms with Gasteiger partial charge in [0.05, 0.1) is 18.9 Å². The van der Waals surface area contributed by atoms with E-state index in [2.05, 4.69) is 15.3 Å². The fraction of sp³-hybridized carbons (Fsp3) is 0.455. The van der Waals surface area contributed by atoms with Crippen LogP contribution in [0.5, 0.6) is 0 Å². The van der Waals surface area contributed by atoms with Gasteiger partial charge in [0.15, 0.2) is 0 Å². The lowest BCUT2D eigenvalue weighted by Gasteiger charge is -2.15. The summed E-state index contributed by atoms with van der Waals surface area (Å²) < 4.78 is 0. The van der Waals surface area contributed by atoms with E-state index in [4.69, 9.17) is 11.6 Å². The second kappa shape index (κ2) is 5.77. The molecule has 0 aliphatic carbocycles. The molecule has 1 N–H and O–H groups in total. The summed E-state index contributed by atoms with van der Waals surface area (Å²) in [4.78, 5) is 32.7. The summed E-state index contributed by atoms with van der Waals surface area (Å²) >= 11 is 5.63. The molecule has 0 atom stereocenters. The zero-order chi connectivity index (χ0) is 13.0. The Labute approximate surface area is 109 Å². The fourth-order valence-electron chi connectivity index (χ4n) is 1.78. The van der Waals surface area contributed by atoms with Crippen molar-refractivity contribution in [3.05, 3.63) is 23.2 Å². The molecular formula is C11H13ClN4O2. The molecule has 0 unspecified atom stereocenters. The summed E-state index contributed by atoms with van der Waals surface area (Å²) in [6.45, 7) is 1.52. The van der Waals surface area contributed by atoms with Gasteiger partial charge < -0.3 is 10.2 Å². The highest BCUT2D eigenvalue weighted by atomic mass is 35.5. The van der Waals surface area contributed by atoms with E-state index in [0.29, 0.717) is 0 Å². The molecule has 18 heavy (non-hydrogen) atoms. The van der Waals surface area contributed by atoms with Gasteiger partial charge in [0.2, 0.25) is 5.91 Å². The number of carbonyl (C=O) groups is 2. The molecule has 0 bridgehead atoms. The first-order valence-electron chi connectivity index (χ1n) is 5.70. The van der Waals surface area contributed by atoms with Crippen molar-refractivity contribution >= 4 is 23.4 Å². The molecule has 96 valence electrons. The third kappa shape index (κ3) is 3.16. The Morgan fingerprint density at radius 2 is 2.06 bits per heavy atom. The van der Waals surface area contributed by atoms with Crippen LogP contribution in [0.3, 0.4) is 0 Å². The number of carbonyl (C=O) groups excluding carboxylic acids is 2. The largest absolute Gasteiger partial charge is 0.342 e. The molecule has 0 saturated carbocycles. The molecule has 2 heterocycles. The van der Waals surface area contributed by atoms with Gasteiger partial charge in [0.1, 0.15) is 10.8 Å². The maximum atomic E-state index is 11.7. The molecule has 6 nitrogen and oxygen atoms in total. The lowest BCUT2D eigenvalue weighted by atomic mass is 10.4. The van der Waals surface area contributed by atoms with E-state index < -0.39 is 5.91 Å². The van der Waals surface area contributed by atoms with Crippen LogP contribution in [0.2, 0.25) is 5.15 Å². The quantitative estimate of drug-likeness (QED) is 0.865. The summed E-state index contributed by atoms with van der Waals surface area (Å²) in [7, 11) is 0. The molecule has 0 spiro atoms. The van der Waals surface area contributed by atoms with Crippen LogP contribution in [0, 0.1) is 0 Å². The Kier molecular flexibility index (Phi) is 4.09. The van der Waals surface area contributed by atoms with Crippen molar-refractivity contribution in [3.8, 4) is 0 Å². The van der Waals surface area contributed by atoms with Gasteiger partial charge in [-0.3, -0.25) is 14.6 Å². The van der Waals surface area contributed by atoms with Crippen LogP contribution in [0.25, 0.3) is 0 Å². The number of likely N-dealkylation sites (tertiary alicyclic amines) is 1. The minimum atomic E-state index is -0.447. The standard InChI is InChI=1S/C11H13ClN4O2/c12-9-6-13-5-8(15-9)11(18)14-7-10(17)16-3-1-2-4-16/h5-6H,1-4,7H2,(H,14,18). The summed E-state index contributed by atoms with van der Waals surface area (Å²) in [5, 5.41) is 2.66. The number of rotatable bonds is 3. The number of hydrogen-bond acceptors (Lipinski definition) is 4. The second-order valence-electron chi connectivity index (χ2n) is 4.00. The van der Waals surface area contributed by atoms with Crippen LogP contribution in [0.15, 0.2) is 12.4 Å². The van der Waals surface area contributed by atoms with Gasteiger partial charge in [-0.25, -0.2) is 4.98 Å². The van der Waals surface area contributed by atoms with E-state index >= 15 is 0 Å². The first kappa shape index (κ1) is 12.8. The normalized spacial score (nSPS) is 14.6. The predicted octanol–water partition coefficient (Wildman–Crippen LogP) is 0.482. The van der Waals surface area contributed by atoms with Crippen molar-refractivity contribution in [2.75, 3.05) is 19.6 Å². The third-order valence-corrected chi connectivity index (χ3v) is 2.88. The maximum absolute atomic E-state index is 11.7. The fourth-order valence-corrected chi connectivity index (χ4v) is 1.92. The Morgan fingerprint density at radius 1 is 1.33 bits per heavy atom. The van der Waals surface area contributed by atoms with Gasteiger partial charge in [0, 0.05) is 13.1 Å². The van der Waals surface area contributed by atoms with Crippen LogP contribution in [0.1, 0.15) is 23.3 Å². The Morgan fingerprint density at radius 3 is 2.72 bits per heavy atom. The van der Waals surface area contributed by atoms with Crippen LogP contribution < -0.4 is 5.32 Å². The Bertz CT molecular complexity index is 460. The van der Waals surface area contributed by atoms with Crippen molar-refractivity contribution in [1.29, 1.82) is 0 Å². The highest BCUT2D eigenvalue weighted by Crippen LogP contribution is 2.07. The zero-order valence-corrected chi connectivity index (χ0v) is 10.5. The first-order chi connectivity index (χ1) is 8.66. The lowest BCUT2D eigenvalue weighted by Crippen LogP contribution is -2.38.